The van der Waals surface area contributed by atoms with E-state index in [-0.39, 0.29) is 25.0 Å². The molecule has 0 saturated carbocycles. The zero-order valence-electron chi connectivity index (χ0n) is 19.2. The minimum Gasteiger partial charge on any atom is -0.493 e. The molecule has 0 saturated heterocycles. The highest BCUT2D eigenvalue weighted by Gasteiger charge is 2.22. The normalized spacial score (nSPS) is 11.5. The van der Waals surface area contributed by atoms with E-state index >= 15 is 0 Å². The van der Waals surface area contributed by atoms with Gasteiger partial charge in [-0.2, -0.15) is 4.80 Å². The minimum absolute atomic E-state index is 0.110. The average molecular weight is 487 g/mol. The van der Waals surface area contributed by atoms with Gasteiger partial charge in [0, 0.05) is 23.7 Å². The molecule has 2 N–H and O–H groups in total. The van der Waals surface area contributed by atoms with E-state index in [1.165, 1.54) is 11.9 Å². The minimum atomic E-state index is -0.616. The number of likely N-dealkylation sites (N-methyl/N-ethyl adjacent to an activating group) is 1. The SMILES string of the molecule is CCNC(=O)COc1ccc(CNC(=O)C(CC)n2nnc(-c3ccc(Cl)cc3)n2)cc1OC. The second kappa shape index (κ2) is 12.0. The van der Waals surface area contributed by atoms with Crippen molar-refractivity contribution in [3.63, 3.8) is 0 Å². The Balaban J connectivity index is 1.62. The summed E-state index contributed by atoms with van der Waals surface area (Å²) in [6, 6.07) is 11.7. The number of hydrogen-bond acceptors (Lipinski definition) is 7. The van der Waals surface area contributed by atoms with Crippen molar-refractivity contribution in [1.29, 1.82) is 0 Å². The molecule has 1 unspecified atom stereocenters. The highest BCUT2D eigenvalue weighted by atomic mass is 35.5. The van der Waals surface area contributed by atoms with Gasteiger partial charge in [0.05, 0.1) is 7.11 Å². The predicted molar refractivity (Wildman–Crippen MR) is 127 cm³/mol. The number of nitrogens with zero attached hydrogens (tertiary/aromatic N) is 4. The molecule has 3 aromatic rings. The number of benzene rings is 2. The third-order valence-electron chi connectivity index (χ3n) is 4.93. The fourth-order valence-corrected chi connectivity index (χ4v) is 3.29. The fourth-order valence-electron chi connectivity index (χ4n) is 3.16. The van der Waals surface area contributed by atoms with Gasteiger partial charge in [-0.1, -0.05) is 24.6 Å². The van der Waals surface area contributed by atoms with Crippen LogP contribution in [0.4, 0.5) is 0 Å². The highest BCUT2D eigenvalue weighted by molar-refractivity contribution is 6.30. The van der Waals surface area contributed by atoms with E-state index in [1.807, 2.05) is 13.8 Å². The molecule has 0 spiro atoms. The van der Waals surface area contributed by atoms with Gasteiger partial charge in [0.2, 0.25) is 11.7 Å². The Morgan fingerprint density at radius 2 is 1.85 bits per heavy atom. The Morgan fingerprint density at radius 3 is 2.53 bits per heavy atom. The lowest BCUT2D eigenvalue weighted by Crippen LogP contribution is -2.33. The Bertz CT molecular complexity index is 1120. The van der Waals surface area contributed by atoms with E-state index in [2.05, 4.69) is 26.0 Å². The molecule has 3 rings (SSSR count). The van der Waals surface area contributed by atoms with Crippen LogP contribution in [0.5, 0.6) is 11.5 Å². The van der Waals surface area contributed by atoms with Gasteiger partial charge in [0.25, 0.3) is 5.91 Å². The summed E-state index contributed by atoms with van der Waals surface area (Å²) in [5.74, 6) is 0.867. The molecular formula is C23H27ClN6O4. The molecule has 2 aromatic carbocycles. The van der Waals surface area contributed by atoms with Crippen LogP contribution in [0.25, 0.3) is 11.4 Å². The quantitative estimate of drug-likeness (QED) is 0.427. The second-order valence-electron chi connectivity index (χ2n) is 7.31. The first-order valence-electron chi connectivity index (χ1n) is 10.8. The third-order valence-corrected chi connectivity index (χ3v) is 5.18. The summed E-state index contributed by atoms with van der Waals surface area (Å²) in [5.41, 5.74) is 1.56. The van der Waals surface area contributed by atoms with Gasteiger partial charge < -0.3 is 20.1 Å². The van der Waals surface area contributed by atoms with Crippen LogP contribution in [0.1, 0.15) is 31.9 Å². The summed E-state index contributed by atoms with van der Waals surface area (Å²) in [4.78, 5) is 25.8. The highest BCUT2D eigenvalue weighted by Crippen LogP contribution is 2.28. The maximum absolute atomic E-state index is 12.8. The molecule has 1 atom stereocenters. The zero-order valence-corrected chi connectivity index (χ0v) is 20.0. The third kappa shape index (κ3) is 6.44. The monoisotopic (exact) mass is 486 g/mol. The lowest BCUT2D eigenvalue weighted by Gasteiger charge is -2.15. The van der Waals surface area contributed by atoms with E-state index in [9.17, 15) is 9.59 Å². The first-order chi connectivity index (χ1) is 16.4. The van der Waals surface area contributed by atoms with Crippen molar-refractivity contribution in [2.45, 2.75) is 32.9 Å². The topological polar surface area (TPSA) is 120 Å². The molecule has 0 fully saturated rings. The Morgan fingerprint density at radius 1 is 1.09 bits per heavy atom. The number of ether oxygens (including phenoxy) is 2. The number of amides is 2. The van der Waals surface area contributed by atoms with Gasteiger partial charge in [-0.05, 0) is 60.5 Å². The smallest absolute Gasteiger partial charge is 0.257 e. The maximum atomic E-state index is 12.8. The average Bonchev–Trinajstić information content (AvgIpc) is 3.32. The number of methoxy groups -OCH3 is 1. The molecule has 1 aromatic heterocycles. The van der Waals surface area contributed by atoms with Crippen molar-refractivity contribution in [3.05, 3.63) is 53.1 Å². The molecule has 0 aliphatic rings. The molecule has 2 amide bonds. The summed E-state index contributed by atoms with van der Waals surface area (Å²) < 4.78 is 10.9. The fraction of sp³-hybridized carbons (Fsp3) is 0.348. The standard InChI is InChI=1S/C23H27ClN6O4/c1-4-18(30-28-22(27-29-30)16-7-9-17(24)10-8-16)23(32)26-13-15-6-11-19(20(12-15)33-3)34-14-21(31)25-5-2/h6-12,18H,4-5,13-14H2,1-3H3,(H,25,31)(H,26,32). The molecule has 1 heterocycles. The lowest BCUT2D eigenvalue weighted by atomic mass is 10.1. The Labute approximate surface area is 202 Å². The molecular weight excluding hydrogens is 460 g/mol. The largest absolute Gasteiger partial charge is 0.493 e. The van der Waals surface area contributed by atoms with Crippen LogP contribution in [-0.2, 0) is 16.1 Å². The van der Waals surface area contributed by atoms with Gasteiger partial charge in [-0.25, -0.2) is 0 Å². The number of rotatable bonds is 11. The van der Waals surface area contributed by atoms with Crippen LogP contribution in [-0.4, -0.2) is 52.3 Å². The van der Waals surface area contributed by atoms with Crippen LogP contribution in [0.2, 0.25) is 5.02 Å². The van der Waals surface area contributed by atoms with Crippen LogP contribution in [0.3, 0.4) is 0 Å². The van der Waals surface area contributed by atoms with Gasteiger partial charge in [0.15, 0.2) is 24.1 Å². The lowest BCUT2D eigenvalue weighted by molar-refractivity contribution is -0.125. The van der Waals surface area contributed by atoms with Crippen molar-refractivity contribution in [1.82, 2.24) is 30.8 Å². The number of aromatic nitrogens is 4. The summed E-state index contributed by atoms with van der Waals surface area (Å²) in [7, 11) is 1.51. The number of halogens is 1. The van der Waals surface area contributed by atoms with Crippen molar-refractivity contribution >= 4 is 23.4 Å². The van der Waals surface area contributed by atoms with Gasteiger partial charge in [-0.15, -0.1) is 10.2 Å². The first-order valence-corrected chi connectivity index (χ1v) is 11.2. The molecule has 0 radical (unpaired) electrons. The van der Waals surface area contributed by atoms with E-state index < -0.39 is 6.04 Å². The van der Waals surface area contributed by atoms with E-state index in [1.54, 1.807) is 42.5 Å². The number of hydrogen-bond donors (Lipinski definition) is 2. The number of carbonyl (C=O) groups excluding carboxylic acids is 2. The molecule has 180 valence electrons. The first kappa shape index (κ1) is 25.0. The number of carbonyl (C=O) groups is 2. The molecule has 34 heavy (non-hydrogen) atoms. The van der Waals surface area contributed by atoms with E-state index in [4.69, 9.17) is 21.1 Å². The van der Waals surface area contributed by atoms with Crippen molar-refractivity contribution < 1.29 is 19.1 Å². The van der Waals surface area contributed by atoms with Gasteiger partial charge in [0.1, 0.15) is 0 Å². The Hall–Kier alpha value is -3.66. The number of tetrazole rings is 1. The van der Waals surface area contributed by atoms with Crippen LogP contribution in [0, 0.1) is 0 Å². The molecule has 10 nitrogen and oxygen atoms in total. The summed E-state index contributed by atoms with van der Waals surface area (Å²) in [6.45, 7) is 4.40. The van der Waals surface area contributed by atoms with Gasteiger partial charge in [-0.3, -0.25) is 9.59 Å². The number of nitrogens with one attached hydrogen (secondary N) is 2. The molecule has 0 bridgehead atoms. The Kier molecular flexibility index (Phi) is 8.80. The van der Waals surface area contributed by atoms with Crippen LogP contribution in [0.15, 0.2) is 42.5 Å². The molecule has 0 aliphatic carbocycles. The summed E-state index contributed by atoms with van der Waals surface area (Å²) in [5, 5.41) is 18.7. The van der Waals surface area contributed by atoms with Crippen LogP contribution >= 0.6 is 11.6 Å². The predicted octanol–water partition coefficient (Wildman–Crippen LogP) is 2.78. The zero-order chi connectivity index (χ0) is 24.5. The van der Waals surface area contributed by atoms with E-state index in [0.29, 0.717) is 35.3 Å². The van der Waals surface area contributed by atoms with Gasteiger partial charge >= 0.3 is 0 Å². The maximum Gasteiger partial charge on any atom is 0.257 e. The molecule has 0 aliphatic heterocycles. The van der Waals surface area contributed by atoms with Crippen LogP contribution < -0.4 is 20.1 Å². The molecule has 11 heteroatoms. The summed E-state index contributed by atoms with van der Waals surface area (Å²) in [6.07, 6.45) is 0.484. The van der Waals surface area contributed by atoms with Crippen molar-refractivity contribution in [2.75, 3.05) is 20.3 Å². The van der Waals surface area contributed by atoms with E-state index in [0.717, 1.165) is 11.1 Å². The van der Waals surface area contributed by atoms with Crippen molar-refractivity contribution in [3.8, 4) is 22.9 Å². The summed E-state index contributed by atoms with van der Waals surface area (Å²) >= 11 is 5.93. The second-order valence-corrected chi connectivity index (χ2v) is 7.75. The van der Waals surface area contributed by atoms with Crippen molar-refractivity contribution in [2.24, 2.45) is 0 Å².